The lowest BCUT2D eigenvalue weighted by molar-refractivity contribution is -0.137. The summed E-state index contributed by atoms with van der Waals surface area (Å²) in [5.41, 5.74) is -1.38. The molecule has 6 nitrogen and oxygen atoms in total. The minimum atomic E-state index is -0.786. The Hall–Kier alpha value is -1.56. The Morgan fingerprint density at radius 1 is 1.38 bits per heavy atom. The fourth-order valence-electron chi connectivity index (χ4n) is 2.02. The molecule has 0 saturated carbocycles. The van der Waals surface area contributed by atoms with Gasteiger partial charge in [-0.15, -0.1) is 0 Å². The molecule has 1 atom stereocenters. The highest BCUT2D eigenvalue weighted by Gasteiger charge is 2.44. The van der Waals surface area contributed by atoms with E-state index in [9.17, 15) is 9.59 Å². The zero-order valence-corrected chi connectivity index (χ0v) is 13.6. The van der Waals surface area contributed by atoms with Gasteiger partial charge in [0.25, 0.3) is 0 Å². The number of hydrogen-bond acceptors (Lipinski definition) is 5. The van der Waals surface area contributed by atoms with Crippen LogP contribution in [0.1, 0.15) is 41.5 Å². The van der Waals surface area contributed by atoms with Gasteiger partial charge in [0.15, 0.2) is 0 Å². The van der Waals surface area contributed by atoms with Crippen LogP contribution in [0.5, 0.6) is 0 Å². The lowest BCUT2D eigenvalue weighted by Crippen LogP contribution is -2.49. The Morgan fingerprint density at radius 3 is 2.52 bits per heavy atom. The molecule has 1 unspecified atom stereocenters. The monoisotopic (exact) mass is 299 g/mol. The third-order valence-electron chi connectivity index (χ3n) is 2.85. The molecule has 1 amide bonds. The first-order valence-corrected chi connectivity index (χ1v) is 7.08. The number of carbonyl (C=O) groups excluding carboxylic acids is 2. The van der Waals surface area contributed by atoms with Gasteiger partial charge in [0.05, 0.1) is 19.3 Å². The van der Waals surface area contributed by atoms with Crippen LogP contribution < -0.4 is 0 Å². The van der Waals surface area contributed by atoms with Crippen molar-refractivity contribution >= 4 is 12.1 Å². The molecule has 21 heavy (non-hydrogen) atoms. The lowest BCUT2D eigenvalue weighted by Gasteiger charge is -2.34. The molecule has 1 rings (SSSR count). The molecule has 0 N–H and O–H groups in total. The average molecular weight is 299 g/mol. The first kappa shape index (κ1) is 17.5. The second kappa shape index (κ2) is 6.47. The molecular formula is C15H25NO5. The van der Waals surface area contributed by atoms with Gasteiger partial charge in [0, 0.05) is 6.08 Å². The summed E-state index contributed by atoms with van der Waals surface area (Å²) in [7, 11) is 0. The number of ether oxygens (including phenoxy) is 3. The van der Waals surface area contributed by atoms with Crippen LogP contribution in [-0.4, -0.2) is 47.5 Å². The van der Waals surface area contributed by atoms with E-state index in [1.54, 1.807) is 47.6 Å². The normalized spacial score (nSPS) is 21.6. The first-order chi connectivity index (χ1) is 9.57. The minimum absolute atomic E-state index is 0.308. The van der Waals surface area contributed by atoms with E-state index in [1.165, 1.54) is 11.0 Å². The molecule has 1 saturated heterocycles. The highest BCUT2D eigenvalue weighted by molar-refractivity contribution is 5.82. The van der Waals surface area contributed by atoms with Crippen LogP contribution in [-0.2, 0) is 19.0 Å². The van der Waals surface area contributed by atoms with E-state index in [1.807, 2.05) is 0 Å². The zero-order valence-electron chi connectivity index (χ0n) is 13.6. The quantitative estimate of drug-likeness (QED) is 0.591. The van der Waals surface area contributed by atoms with Crippen LogP contribution in [0.25, 0.3) is 0 Å². The highest BCUT2D eigenvalue weighted by atomic mass is 16.6. The second-order valence-corrected chi connectivity index (χ2v) is 6.29. The van der Waals surface area contributed by atoms with Crippen LogP contribution >= 0.6 is 0 Å². The number of esters is 1. The maximum atomic E-state index is 12.3. The molecule has 1 heterocycles. The summed E-state index contributed by atoms with van der Waals surface area (Å²) >= 11 is 0. The van der Waals surface area contributed by atoms with Gasteiger partial charge < -0.3 is 14.2 Å². The van der Waals surface area contributed by atoms with Crippen LogP contribution in [0, 0.1) is 0 Å². The zero-order chi connectivity index (χ0) is 16.3. The average Bonchev–Trinajstić information content (AvgIpc) is 2.60. The van der Waals surface area contributed by atoms with Crippen LogP contribution in [0.3, 0.4) is 0 Å². The third-order valence-corrected chi connectivity index (χ3v) is 2.85. The lowest BCUT2D eigenvalue weighted by atomic mass is 10.2. The van der Waals surface area contributed by atoms with Crippen molar-refractivity contribution in [1.82, 2.24) is 4.90 Å². The molecule has 0 aromatic rings. The maximum Gasteiger partial charge on any atom is 0.413 e. The van der Waals surface area contributed by atoms with Crippen molar-refractivity contribution in [1.29, 1.82) is 0 Å². The standard InChI is InChI=1S/C15H25NO5/c1-7-19-12(17)9-8-11-10-20-15(5,6)16(11)13(18)21-14(2,3)4/h8-9,11H,7,10H2,1-6H3/b9-8+. The Morgan fingerprint density at radius 2 is 2.00 bits per heavy atom. The fraction of sp³-hybridized carbons (Fsp3) is 0.733. The van der Waals surface area contributed by atoms with E-state index in [2.05, 4.69) is 0 Å². The summed E-state index contributed by atoms with van der Waals surface area (Å²) in [6.45, 7) is 11.3. The Kier molecular flexibility index (Phi) is 5.39. The molecule has 0 bridgehead atoms. The molecular weight excluding hydrogens is 274 g/mol. The largest absolute Gasteiger partial charge is 0.463 e. The van der Waals surface area contributed by atoms with Gasteiger partial charge in [-0.1, -0.05) is 6.08 Å². The van der Waals surface area contributed by atoms with E-state index in [-0.39, 0.29) is 6.04 Å². The number of carbonyl (C=O) groups is 2. The summed E-state index contributed by atoms with van der Waals surface area (Å²) < 4.78 is 15.8. The number of nitrogens with zero attached hydrogens (tertiary/aromatic N) is 1. The van der Waals surface area contributed by atoms with Gasteiger partial charge in [-0.25, -0.2) is 9.59 Å². The van der Waals surface area contributed by atoms with Crippen LogP contribution in [0.2, 0.25) is 0 Å². The summed E-state index contributed by atoms with van der Waals surface area (Å²) in [4.78, 5) is 25.2. The van der Waals surface area contributed by atoms with Crippen molar-refractivity contribution in [2.75, 3.05) is 13.2 Å². The van der Waals surface area contributed by atoms with Crippen molar-refractivity contribution in [3.05, 3.63) is 12.2 Å². The van der Waals surface area contributed by atoms with Crippen LogP contribution in [0.4, 0.5) is 4.79 Å². The molecule has 1 aliphatic heterocycles. The summed E-state index contributed by atoms with van der Waals surface area (Å²) in [5, 5.41) is 0. The smallest absolute Gasteiger partial charge is 0.413 e. The molecule has 0 radical (unpaired) electrons. The van der Waals surface area contributed by atoms with Crippen molar-refractivity contribution in [3.8, 4) is 0 Å². The molecule has 0 aliphatic carbocycles. The molecule has 0 aromatic heterocycles. The summed E-state index contributed by atoms with van der Waals surface area (Å²) in [6, 6.07) is -0.362. The van der Waals surface area contributed by atoms with Crippen molar-refractivity contribution < 1.29 is 23.8 Å². The van der Waals surface area contributed by atoms with E-state index >= 15 is 0 Å². The van der Waals surface area contributed by atoms with Gasteiger partial charge >= 0.3 is 12.1 Å². The van der Waals surface area contributed by atoms with E-state index in [4.69, 9.17) is 14.2 Å². The fourth-order valence-corrected chi connectivity index (χ4v) is 2.02. The number of rotatable bonds is 3. The number of hydrogen-bond donors (Lipinski definition) is 0. The summed E-state index contributed by atoms with van der Waals surface area (Å²) in [5.74, 6) is -0.439. The SMILES string of the molecule is CCOC(=O)/C=C/C1COC(C)(C)N1C(=O)OC(C)(C)C. The van der Waals surface area contributed by atoms with Crippen molar-refractivity contribution in [2.24, 2.45) is 0 Å². The van der Waals surface area contributed by atoms with Gasteiger partial charge in [0.2, 0.25) is 0 Å². The molecule has 120 valence electrons. The van der Waals surface area contributed by atoms with Gasteiger partial charge in [-0.3, -0.25) is 4.90 Å². The Bertz CT molecular complexity index is 422. The van der Waals surface area contributed by atoms with Crippen LogP contribution in [0.15, 0.2) is 12.2 Å². The summed E-state index contributed by atoms with van der Waals surface area (Å²) in [6.07, 6.45) is 2.45. The molecule has 6 heteroatoms. The molecule has 0 spiro atoms. The van der Waals surface area contributed by atoms with E-state index < -0.39 is 23.4 Å². The first-order valence-electron chi connectivity index (χ1n) is 7.08. The topological polar surface area (TPSA) is 65.1 Å². The van der Waals surface area contributed by atoms with Crippen molar-refractivity contribution in [3.63, 3.8) is 0 Å². The predicted octanol–water partition coefficient (Wildman–Crippen LogP) is 2.48. The van der Waals surface area contributed by atoms with Gasteiger partial charge in [0.1, 0.15) is 11.3 Å². The van der Waals surface area contributed by atoms with Gasteiger partial charge in [-0.05, 0) is 41.5 Å². The Balaban J connectivity index is 2.84. The molecule has 0 aromatic carbocycles. The predicted molar refractivity (Wildman–Crippen MR) is 77.7 cm³/mol. The Labute approximate surface area is 126 Å². The second-order valence-electron chi connectivity index (χ2n) is 6.29. The van der Waals surface area contributed by atoms with Crippen molar-refractivity contribution in [2.45, 2.75) is 58.9 Å². The highest BCUT2D eigenvalue weighted by Crippen LogP contribution is 2.29. The van der Waals surface area contributed by atoms with Gasteiger partial charge in [-0.2, -0.15) is 0 Å². The van der Waals surface area contributed by atoms with E-state index in [0.717, 1.165) is 0 Å². The third kappa shape index (κ3) is 5.04. The number of amides is 1. The molecule has 1 aliphatic rings. The minimum Gasteiger partial charge on any atom is -0.463 e. The molecule has 1 fully saturated rings. The maximum absolute atomic E-state index is 12.3. The van der Waals surface area contributed by atoms with E-state index in [0.29, 0.717) is 13.2 Å².